The summed E-state index contributed by atoms with van der Waals surface area (Å²) in [5, 5.41) is 9.51. The topological polar surface area (TPSA) is 57.6 Å². The average molecular weight is 306 g/mol. The van der Waals surface area contributed by atoms with Gasteiger partial charge in [-0.3, -0.25) is 0 Å². The summed E-state index contributed by atoms with van der Waals surface area (Å²) < 4.78 is 26.3. The monoisotopic (exact) mass is 305 g/mol. The molecule has 1 unspecified atom stereocenters. The third-order valence-electron chi connectivity index (χ3n) is 3.40. The van der Waals surface area contributed by atoms with Crippen LogP contribution >= 0.6 is 11.6 Å². The fourth-order valence-corrected chi connectivity index (χ4v) is 3.36. The van der Waals surface area contributed by atoms with Gasteiger partial charge in [-0.2, -0.15) is 4.31 Å². The Hall–Kier alpha value is -0.620. The fraction of sp³-hybridized carbons (Fsp3) is 0.538. The van der Waals surface area contributed by atoms with E-state index in [4.69, 9.17) is 16.7 Å². The second-order valence-corrected chi connectivity index (χ2v) is 7.32. The van der Waals surface area contributed by atoms with Gasteiger partial charge in [0, 0.05) is 18.1 Å². The van der Waals surface area contributed by atoms with Crippen LogP contribution in [-0.2, 0) is 16.6 Å². The van der Waals surface area contributed by atoms with E-state index in [1.54, 1.807) is 7.05 Å². The minimum Gasteiger partial charge on any atom is -0.392 e. The Morgan fingerprint density at radius 1 is 1.32 bits per heavy atom. The Bertz CT molecular complexity index is 543. The van der Waals surface area contributed by atoms with Gasteiger partial charge in [0.1, 0.15) is 0 Å². The highest BCUT2D eigenvalue weighted by Crippen LogP contribution is 2.24. The first-order valence-electron chi connectivity index (χ1n) is 6.09. The number of aliphatic hydroxyl groups excluding tert-OH is 1. The summed E-state index contributed by atoms with van der Waals surface area (Å²) in [4.78, 5) is 0.149. The highest BCUT2D eigenvalue weighted by Gasteiger charge is 2.27. The molecule has 0 fully saturated rings. The summed E-state index contributed by atoms with van der Waals surface area (Å²) in [5.74, 6) is 0.212. The lowest BCUT2D eigenvalue weighted by atomic mass is 10.1. The molecule has 1 aromatic rings. The summed E-state index contributed by atoms with van der Waals surface area (Å²) in [7, 11) is -2.01. The van der Waals surface area contributed by atoms with Gasteiger partial charge < -0.3 is 5.11 Å². The molecule has 0 aliphatic heterocycles. The summed E-state index contributed by atoms with van der Waals surface area (Å²) >= 11 is 5.87. The van der Waals surface area contributed by atoms with Gasteiger partial charge in [0.05, 0.1) is 11.5 Å². The molecule has 0 aliphatic rings. The second-order valence-electron chi connectivity index (χ2n) is 4.92. The highest BCUT2D eigenvalue weighted by molar-refractivity contribution is 7.89. The van der Waals surface area contributed by atoms with E-state index in [-0.39, 0.29) is 23.5 Å². The fourth-order valence-electron chi connectivity index (χ4n) is 1.64. The van der Waals surface area contributed by atoms with Crippen LogP contribution in [0.5, 0.6) is 0 Å². The van der Waals surface area contributed by atoms with Crippen molar-refractivity contribution in [3.05, 3.63) is 28.8 Å². The van der Waals surface area contributed by atoms with Crippen LogP contribution in [0.2, 0.25) is 5.02 Å². The standard InChI is InChI=1S/C13H20ClNO3S/c1-9(2)10(3)15(4)19(17,18)12-5-6-13(14)11(7-12)8-16/h5-7,9-10,16H,8H2,1-4H3. The van der Waals surface area contributed by atoms with Crippen molar-refractivity contribution in [2.75, 3.05) is 7.05 Å². The number of benzene rings is 1. The van der Waals surface area contributed by atoms with Gasteiger partial charge >= 0.3 is 0 Å². The maximum Gasteiger partial charge on any atom is 0.243 e. The number of hydrogen-bond acceptors (Lipinski definition) is 3. The molecule has 108 valence electrons. The highest BCUT2D eigenvalue weighted by atomic mass is 35.5. The van der Waals surface area contributed by atoms with E-state index in [0.29, 0.717) is 10.6 Å². The quantitative estimate of drug-likeness (QED) is 0.909. The number of rotatable bonds is 5. The van der Waals surface area contributed by atoms with Gasteiger partial charge in [0.2, 0.25) is 10.0 Å². The van der Waals surface area contributed by atoms with Crippen LogP contribution in [0.4, 0.5) is 0 Å². The van der Waals surface area contributed by atoms with Crippen LogP contribution in [-0.4, -0.2) is 30.9 Å². The first-order chi connectivity index (χ1) is 8.71. The largest absolute Gasteiger partial charge is 0.392 e. The van der Waals surface area contributed by atoms with Crippen molar-refractivity contribution < 1.29 is 13.5 Å². The van der Waals surface area contributed by atoms with Gasteiger partial charge in [-0.25, -0.2) is 8.42 Å². The van der Waals surface area contributed by atoms with Crippen LogP contribution in [0, 0.1) is 5.92 Å². The lowest BCUT2D eigenvalue weighted by Crippen LogP contribution is -2.38. The van der Waals surface area contributed by atoms with Crippen LogP contribution < -0.4 is 0 Å². The first-order valence-corrected chi connectivity index (χ1v) is 7.91. The van der Waals surface area contributed by atoms with Gasteiger partial charge in [0.15, 0.2) is 0 Å². The van der Waals surface area contributed by atoms with Gasteiger partial charge in [-0.05, 0) is 36.6 Å². The molecule has 0 radical (unpaired) electrons. The van der Waals surface area contributed by atoms with Gasteiger partial charge in [-0.1, -0.05) is 25.4 Å². The van der Waals surface area contributed by atoms with Crippen molar-refractivity contribution in [1.29, 1.82) is 0 Å². The van der Waals surface area contributed by atoms with E-state index in [1.165, 1.54) is 22.5 Å². The molecule has 0 aromatic heterocycles. The number of sulfonamides is 1. The molecule has 0 saturated carbocycles. The van der Waals surface area contributed by atoms with Crippen molar-refractivity contribution in [2.45, 2.75) is 38.3 Å². The second kappa shape index (κ2) is 6.22. The minimum absolute atomic E-state index is 0.113. The molecular formula is C13H20ClNO3S. The van der Waals surface area contributed by atoms with E-state index < -0.39 is 10.0 Å². The zero-order valence-corrected chi connectivity index (χ0v) is 13.2. The Kier molecular flexibility index (Phi) is 5.38. The lowest BCUT2D eigenvalue weighted by Gasteiger charge is -2.27. The number of halogens is 1. The summed E-state index contributed by atoms with van der Waals surface area (Å²) in [6.07, 6.45) is 0. The number of nitrogens with zero attached hydrogens (tertiary/aromatic N) is 1. The molecule has 1 atom stereocenters. The van der Waals surface area contributed by atoms with E-state index in [2.05, 4.69) is 0 Å². The summed E-state index contributed by atoms with van der Waals surface area (Å²) in [6.45, 7) is 5.52. The molecule has 19 heavy (non-hydrogen) atoms. The van der Waals surface area contributed by atoms with Crippen molar-refractivity contribution in [1.82, 2.24) is 4.31 Å². The SMILES string of the molecule is CC(C)C(C)N(C)S(=O)(=O)c1ccc(Cl)c(CO)c1. The Balaban J connectivity index is 3.20. The predicted octanol–water partition coefficient (Wildman–Crippen LogP) is 2.50. The summed E-state index contributed by atoms with van der Waals surface area (Å²) in [5.41, 5.74) is 0.411. The number of hydrogen-bond donors (Lipinski definition) is 1. The maximum atomic E-state index is 12.5. The molecule has 0 spiro atoms. The van der Waals surface area contributed by atoms with E-state index >= 15 is 0 Å². The molecule has 0 amide bonds. The van der Waals surface area contributed by atoms with Crippen molar-refractivity contribution in [3.8, 4) is 0 Å². The van der Waals surface area contributed by atoms with Crippen LogP contribution in [0.15, 0.2) is 23.1 Å². The van der Waals surface area contributed by atoms with Crippen LogP contribution in [0.1, 0.15) is 26.3 Å². The first kappa shape index (κ1) is 16.4. The van der Waals surface area contributed by atoms with E-state index in [0.717, 1.165) is 0 Å². The average Bonchev–Trinajstić information content (AvgIpc) is 2.36. The number of aliphatic hydroxyl groups is 1. The smallest absolute Gasteiger partial charge is 0.243 e. The zero-order valence-electron chi connectivity index (χ0n) is 11.6. The third kappa shape index (κ3) is 3.48. The van der Waals surface area contributed by atoms with E-state index in [9.17, 15) is 8.42 Å². The van der Waals surface area contributed by atoms with Gasteiger partial charge in [-0.15, -0.1) is 0 Å². The molecule has 0 saturated heterocycles. The normalized spacial score (nSPS) is 14.1. The van der Waals surface area contributed by atoms with E-state index in [1.807, 2.05) is 20.8 Å². The van der Waals surface area contributed by atoms with Crippen LogP contribution in [0.3, 0.4) is 0 Å². The molecular weight excluding hydrogens is 286 g/mol. The predicted molar refractivity (Wildman–Crippen MR) is 76.6 cm³/mol. The molecule has 0 bridgehead atoms. The lowest BCUT2D eigenvalue weighted by molar-refractivity contribution is 0.281. The Labute approximate surface area is 120 Å². The molecule has 0 heterocycles. The Morgan fingerprint density at radius 2 is 1.89 bits per heavy atom. The molecule has 1 rings (SSSR count). The maximum absolute atomic E-state index is 12.5. The Morgan fingerprint density at radius 3 is 2.37 bits per heavy atom. The summed E-state index contributed by atoms with van der Waals surface area (Å²) in [6, 6.07) is 4.26. The zero-order chi connectivity index (χ0) is 14.8. The molecule has 1 N–H and O–H groups in total. The molecule has 1 aromatic carbocycles. The molecule has 0 aliphatic carbocycles. The molecule has 6 heteroatoms. The van der Waals surface area contributed by atoms with Gasteiger partial charge in [0.25, 0.3) is 0 Å². The molecule has 4 nitrogen and oxygen atoms in total. The van der Waals surface area contributed by atoms with Crippen molar-refractivity contribution in [2.24, 2.45) is 5.92 Å². The minimum atomic E-state index is -3.57. The van der Waals surface area contributed by atoms with Crippen molar-refractivity contribution in [3.63, 3.8) is 0 Å². The van der Waals surface area contributed by atoms with Crippen LogP contribution in [0.25, 0.3) is 0 Å². The third-order valence-corrected chi connectivity index (χ3v) is 5.71. The van der Waals surface area contributed by atoms with Crippen molar-refractivity contribution >= 4 is 21.6 Å².